The second-order valence-corrected chi connectivity index (χ2v) is 5.99. The molecule has 0 bridgehead atoms. The maximum Gasteiger partial charge on any atom is 0.336 e. The molecule has 4 nitrogen and oxygen atoms in total. The maximum absolute atomic E-state index is 12.0. The molecule has 1 aromatic carbocycles. The molecule has 0 radical (unpaired) electrons. The zero-order valence-corrected chi connectivity index (χ0v) is 12.4. The summed E-state index contributed by atoms with van der Waals surface area (Å²) in [7, 11) is 1.40. The van der Waals surface area contributed by atoms with E-state index in [0.717, 1.165) is 5.56 Å². The van der Waals surface area contributed by atoms with E-state index in [1.807, 2.05) is 30.3 Å². The van der Waals surface area contributed by atoms with Crippen LogP contribution in [0.2, 0.25) is 0 Å². The molecule has 1 atom stereocenters. The predicted octanol–water partition coefficient (Wildman–Crippen LogP) is 3.84. The van der Waals surface area contributed by atoms with Crippen LogP contribution >= 0.6 is 0 Å². The summed E-state index contributed by atoms with van der Waals surface area (Å²) in [5.41, 5.74) is 2.08. The lowest BCUT2D eigenvalue weighted by Crippen LogP contribution is -2.28. The normalized spacial score (nSPS) is 19.1. The van der Waals surface area contributed by atoms with Gasteiger partial charge in [0.15, 0.2) is 0 Å². The SMILES string of the molecule is COC(=O)C1=C(c2ccccc2)N=NC(C(C)(C)C)C1. The molecule has 2 rings (SSSR count). The lowest BCUT2D eigenvalue weighted by molar-refractivity contribution is -0.136. The van der Waals surface area contributed by atoms with Crippen LogP contribution in [0.4, 0.5) is 0 Å². The van der Waals surface area contributed by atoms with Gasteiger partial charge in [-0.1, -0.05) is 51.1 Å². The third-order valence-corrected chi connectivity index (χ3v) is 3.46. The molecule has 0 N–H and O–H groups in total. The second-order valence-electron chi connectivity index (χ2n) is 5.99. The molecule has 0 saturated carbocycles. The Balaban J connectivity index is 2.44. The summed E-state index contributed by atoms with van der Waals surface area (Å²) in [6.07, 6.45) is 0.559. The molecule has 1 aliphatic heterocycles. The molecule has 0 aromatic heterocycles. The summed E-state index contributed by atoms with van der Waals surface area (Å²) in [4.78, 5) is 12.0. The van der Waals surface area contributed by atoms with Crippen LogP contribution in [0.5, 0.6) is 0 Å². The predicted molar refractivity (Wildman–Crippen MR) is 78.1 cm³/mol. The first kappa shape index (κ1) is 14.4. The van der Waals surface area contributed by atoms with Crippen LogP contribution in [0.3, 0.4) is 0 Å². The van der Waals surface area contributed by atoms with Crippen molar-refractivity contribution >= 4 is 11.7 Å². The van der Waals surface area contributed by atoms with E-state index in [1.165, 1.54) is 7.11 Å². The van der Waals surface area contributed by atoms with E-state index >= 15 is 0 Å². The van der Waals surface area contributed by atoms with Crippen molar-refractivity contribution in [2.75, 3.05) is 7.11 Å². The standard InChI is InChI=1S/C16H20N2O2/c1-16(2,3)13-10-12(15(19)20-4)14(18-17-13)11-8-6-5-7-9-11/h5-9,13H,10H2,1-4H3. The summed E-state index contributed by atoms with van der Waals surface area (Å²) in [6.45, 7) is 6.29. The van der Waals surface area contributed by atoms with Crippen LogP contribution in [0.1, 0.15) is 32.8 Å². The fourth-order valence-electron chi connectivity index (χ4n) is 2.13. The van der Waals surface area contributed by atoms with E-state index in [-0.39, 0.29) is 17.4 Å². The quantitative estimate of drug-likeness (QED) is 0.768. The lowest BCUT2D eigenvalue weighted by atomic mass is 9.82. The van der Waals surface area contributed by atoms with Crippen LogP contribution in [0.25, 0.3) is 5.70 Å². The van der Waals surface area contributed by atoms with Crippen molar-refractivity contribution in [3.63, 3.8) is 0 Å². The fraction of sp³-hybridized carbons (Fsp3) is 0.438. The van der Waals surface area contributed by atoms with Crippen molar-refractivity contribution < 1.29 is 9.53 Å². The summed E-state index contributed by atoms with van der Waals surface area (Å²) in [5, 5.41) is 8.69. The Morgan fingerprint density at radius 1 is 1.25 bits per heavy atom. The minimum Gasteiger partial charge on any atom is -0.466 e. The number of hydrogen-bond acceptors (Lipinski definition) is 4. The van der Waals surface area contributed by atoms with E-state index in [9.17, 15) is 4.79 Å². The highest BCUT2D eigenvalue weighted by Gasteiger charge is 2.32. The number of methoxy groups -OCH3 is 1. The van der Waals surface area contributed by atoms with Gasteiger partial charge >= 0.3 is 5.97 Å². The van der Waals surface area contributed by atoms with Crippen molar-refractivity contribution in [3.8, 4) is 0 Å². The van der Waals surface area contributed by atoms with Crippen molar-refractivity contribution in [3.05, 3.63) is 41.5 Å². The van der Waals surface area contributed by atoms with Crippen LogP contribution < -0.4 is 0 Å². The molecule has 106 valence electrons. The third-order valence-electron chi connectivity index (χ3n) is 3.46. The van der Waals surface area contributed by atoms with Crippen molar-refractivity contribution in [2.45, 2.75) is 33.2 Å². The van der Waals surface area contributed by atoms with E-state index in [0.29, 0.717) is 17.7 Å². The smallest absolute Gasteiger partial charge is 0.336 e. The van der Waals surface area contributed by atoms with Gasteiger partial charge in [0.2, 0.25) is 0 Å². The minimum atomic E-state index is -0.322. The second kappa shape index (κ2) is 5.57. The molecule has 4 heteroatoms. The molecule has 1 aliphatic rings. The van der Waals surface area contributed by atoms with Crippen LogP contribution in [-0.4, -0.2) is 19.1 Å². The van der Waals surface area contributed by atoms with Gasteiger partial charge in [0.1, 0.15) is 5.70 Å². The number of rotatable bonds is 2. The summed E-state index contributed by atoms with van der Waals surface area (Å²) in [6, 6.07) is 9.61. The Labute approximate surface area is 119 Å². The number of benzene rings is 1. The fourth-order valence-corrected chi connectivity index (χ4v) is 2.13. The Hall–Kier alpha value is -1.97. The zero-order chi connectivity index (χ0) is 14.8. The molecule has 0 saturated heterocycles. The number of nitrogens with zero attached hydrogens (tertiary/aromatic N) is 2. The molecule has 0 spiro atoms. The first-order valence-corrected chi connectivity index (χ1v) is 6.71. The third kappa shape index (κ3) is 2.95. The van der Waals surface area contributed by atoms with E-state index in [1.54, 1.807) is 0 Å². The van der Waals surface area contributed by atoms with Crippen molar-refractivity contribution in [1.82, 2.24) is 0 Å². The molecule has 1 aromatic rings. The highest BCUT2D eigenvalue weighted by atomic mass is 16.5. The summed E-state index contributed by atoms with van der Waals surface area (Å²) < 4.78 is 4.90. The Morgan fingerprint density at radius 2 is 1.90 bits per heavy atom. The highest BCUT2D eigenvalue weighted by molar-refractivity contribution is 5.97. The van der Waals surface area contributed by atoms with Gasteiger partial charge in [-0.25, -0.2) is 4.79 Å². The number of carbonyl (C=O) groups excluding carboxylic acids is 1. The molecule has 0 fully saturated rings. The number of azo groups is 1. The molecule has 0 amide bonds. The van der Waals surface area contributed by atoms with Gasteiger partial charge in [0.25, 0.3) is 0 Å². The van der Waals surface area contributed by atoms with Crippen LogP contribution in [0.15, 0.2) is 46.1 Å². The summed E-state index contributed by atoms with van der Waals surface area (Å²) >= 11 is 0. The van der Waals surface area contributed by atoms with Crippen molar-refractivity contribution in [1.29, 1.82) is 0 Å². The average molecular weight is 272 g/mol. The van der Waals surface area contributed by atoms with E-state index in [4.69, 9.17) is 4.74 Å². The number of hydrogen-bond donors (Lipinski definition) is 0. The van der Waals surface area contributed by atoms with E-state index in [2.05, 4.69) is 31.0 Å². The lowest BCUT2D eigenvalue weighted by Gasteiger charge is -2.29. The molecular weight excluding hydrogens is 252 g/mol. The highest BCUT2D eigenvalue weighted by Crippen LogP contribution is 2.36. The van der Waals surface area contributed by atoms with Gasteiger partial charge in [-0.15, -0.1) is 0 Å². The van der Waals surface area contributed by atoms with Gasteiger partial charge in [0, 0.05) is 12.0 Å². The molecule has 20 heavy (non-hydrogen) atoms. The zero-order valence-electron chi connectivity index (χ0n) is 12.4. The number of carbonyl (C=O) groups is 1. The van der Waals surface area contributed by atoms with Crippen LogP contribution in [0, 0.1) is 5.41 Å². The summed E-state index contributed by atoms with van der Waals surface area (Å²) in [5.74, 6) is -0.322. The Bertz CT molecular complexity index is 554. The minimum absolute atomic E-state index is 0.0101. The van der Waals surface area contributed by atoms with Gasteiger partial charge in [-0.3, -0.25) is 0 Å². The van der Waals surface area contributed by atoms with Crippen LogP contribution in [-0.2, 0) is 9.53 Å². The molecule has 1 unspecified atom stereocenters. The van der Waals surface area contributed by atoms with E-state index < -0.39 is 0 Å². The van der Waals surface area contributed by atoms with Gasteiger partial charge < -0.3 is 4.74 Å². The van der Waals surface area contributed by atoms with Gasteiger partial charge in [0.05, 0.1) is 18.7 Å². The van der Waals surface area contributed by atoms with Gasteiger partial charge in [-0.05, 0) is 5.41 Å². The Kier molecular flexibility index (Phi) is 4.02. The average Bonchev–Trinajstić information content (AvgIpc) is 2.45. The first-order valence-electron chi connectivity index (χ1n) is 6.71. The Morgan fingerprint density at radius 3 is 2.45 bits per heavy atom. The monoisotopic (exact) mass is 272 g/mol. The largest absolute Gasteiger partial charge is 0.466 e. The maximum atomic E-state index is 12.0. The van der Waals surface area contributed by atoms with Gasteiger partial charge in [-0.2, -0.15) is 10.2 Å². The number of esters is 1. The number of ether oxygens (including phenoxy) is 1. The topological polar surface area (TPSA) is 51.0 Å². The molecular formula is C16H20N2O2. The first-order chi connectivity index (χ1) is 9.43. The molecule has 0 aliphatic carbocycles. The molecule has 1 heterocycles. The van der Waals surface area contributed by atoms with Crippen molar-refractivity contribution in [2.24, 2.45) is 15.6 Å².